The fraction of sp³-hybridized carbons (Fsp3) is 0.714. The number of esters is 1. The Morgan fingerprint density at radius 1 is 1.50 bits per heavy atom. The van der Waals surface area contributed by atoms with Crippen molar-refractivity contribution >= 4 is 11.8 Å². The third-order valence-electron chi connectivity index (χ3n) is 1.73. The molecule has 0 aromatic rings. The van der Waals surface area contributed by atoms with Crippen LogP contribution in [0.4, 0.5) is 0 Å². The second-order valence-corrected chi connectivity index (χ2v) is 2.46. The Hall–Kier alpha value is -0.860. The van der Waals surface area contributed by atoms with Crippen LogP contribution in [-0.4, -0.2) is 17.9 Å². The maximum atomic E-state index is 11.0. The predicted molar refractivity (Wildman–Crippen MR) is 34.3 cm³/mol. The van der Waals surface area contributed by atoms with Crippen molar-refractivity contribution in [3.05, 3.63) is 0 Å². The Morgan fingerprint density at radius 3 is 2.30 bits per heavy atom. The number of ether oxygens (including phenoxy) is 1. The first-order valence-corrected chi connectivity index (χ1v) is 3.41. The Kier molecular flexibility index (Phi) is 1.74. The molecule has 0 aromatic heterocycles. The summed E-state index contributed by atoms with van der Waals surface area (Å²) in [5.74, 6) is -0.991. The van der Waals surface area contributed by atoms with Gasteiger partial charge < -0.3 is 4.74 Å². The quantitative estimate of drug-likeness (QED) is 0.396. The van der Waals surface area contributed by atoms with Crippen molar-refractivity contribution in [2.45, 2.75) is 26.4 Å². The largest absolute Gasteiger partial charge is 0.454 e. The van der Waals surface area contributed by atoms with Gasteiger partial charge in [-0.2, -0.15) is 0 Å². The van der Waals surface area contributed by atoms with Gasteiger partial charge in [-0.3, -0.25) is 9.59 Å². The summed E-state index contributed by atoms with van der Waals surface area (Å²) in [6.45, 7) is 3.41. The number of hydrogen-bond acceptors (Lipinski definition) is 3. The highest BCUT2D eigenvalue weighted by molar-refractivity contribution is 6.06. The molecule has 0 bridgehead atoms. The second kappa shape index (κ2) is 2.40. The minimum atomic E-state index is -0.537. The van der Waals surface area contributed by atoms with Gasteiger partial charge in [0.15, 0.2) is 11.9 Å². The molecule has 56 valence electrons. The van der Waals surface area contributed by atoms with E-state index in [9.17, 15) is 9.59 Å². The van der Waals surface area contributed by atoms with Crippen molar-refractivity contribution in [3.63, 3.8) is 0 Å². The normalized spacial score (nSPS) is 32.6. The van der Waals surface area contributed by atoms with Crippen LogP contribution in [0.5, 0.6) is 0 Å². The molecular formula is C7H10O3. The third-order valence-corrected chi connectivity index (χ3v) is 1.73. The monoisotopic (exact) mass is 142 g/mol. The highest BCUT2D eigenvalue weighted by Crippen LogP contribution is 2.18. The standard InChI is InChI=1S/C7H10O3/c1-3-5-6(8)4(2)7(9)10-5/h4-5H,3H2,1-2H3. The maximum absolute atomic E-state index is 11.0. The zero-order valence-corrected chi connectivity index (χ0v) is 6.09. The molecule has 1 heterocycles. The predicted octanol–water partition coefficient (Wildman–Crippen LogP) is 0.527. The molecule has 1 saturated heterocycles. The minimum absolute atomic E-state index is 0.0764. The molecule has 0 aromatic carbocycles. The Balaban J connectivity index is 2.71. The molecule has 3 nitrogen and oxygen atoms in total. The summed E-state index contributed by atoms with van der Waals surface area (Å²) in [6.07, 6.45) is 0.122. The van der Waals surface area contributed by atoms with Crippen molar-refractivity contribution in [1.29, 1.82) is 0 Å². The summed E-state index contributed by atoms with van der Waals surface area (Å²) >= 11 is 0. The number of carbonyl (C=O) groups excluding carboxylic acids is 2. The van der Waals surface area contributed by atoms with Gasteiger partial charge in [0.1, 0.15) is 5.92 Å². The van der Waals surface area contributed by atoms with Crippen molar-refractivity contribution in [3.8, 4) is 0 Å². The molecule has 1 aliphatic heterocycles. The lowest BCUT2D eigenvalue weighted by atomic mass is 10.0. The van der Waals surface area contributed by atoms with E-state index in [0.29, 0.717) is 6.42 Å². The maximum Gasteiger partial charge on any atom is 0.317 e. The molecular weight excluding hydrogens is 132 g/mol. The number of hydrogen-bond donors (Lipinski definition) is 0. The summed E-state index contributed by atoms with van der Waals surface area (Å²) in [5, 5.41) is 0. The molecule has 2 unspecified atom stereocenters. The van der Waals surface area contributed by atoms with Crippen molar-refractivity contribution in [1.82, 2.24) is 0 Å². The van der Waals surface area contributed by atoms with Gasteiger partial charge in [-0.15, -0.1) is 0 Å². The van der Waals surface area contributed by atoms with Gasteiger partial charge in [0.25, 0.3) is 0 Å². The van der Waals surface area contributed by atoms with E-state index < -0.39 is 12.0 Å². The first-order valence-electron chi connectivity index (χ1n) is 3.41. The molecule has 0 saturated carbocycles. The van der Waals surface area contributed by atoms with Crippen LogP contribution in [0.25, 0.3) is 0 Å². The molecule has 0 aliphatic carbocycles. The zero-order chi connectivity index (χ0) is 7.72. The Bertz CT molecular complexity index is 174. The first-order chi connectivity index (χ1) is 4.66. The Labute approximate surface area is 59.4 Å². The fourth-order valence-electron chi connectivity index (χ4n) is 0.980. The van der Waals surface area contributed by atoms with Crippen LogP contribution in [0.2, 0.25) is 0 Å². The topological polar surface area (TPSA) is 43.4 Å². The van der Waals surface area contributed by atoms with Gasteiger partial charge in [0, 0.05) is 0 Å². The van der Waals surface area contributed by atoms with E-state index in [2.05, 4.69) is 0 Å². The zero-order valence-electron chi connectivity index (χ0n) is 6.09. The number of cyclic esters (lactones) is 1. The summed E-state index contributed by atoms with van der Waals surface area (Å²) < 4.78 is 4.75. The van der Waals surface area contributed by atoms with E-state index in [-0.39, 0.29) is 11.8 Å². The lowest BCUT2D eigenvalue weighted by molar-refractivity contribution is -0.144. The van der Waals surface area contributed by atoms with Gasteiger partial charge in [-0.1, -0.05) is 6.92 Å². The lowest BCUT2D eigenvalue weighted by Crippen LogP contribution is -2.17. The van der Waals surface area contributed by atoms with Crippen molar-refractivity contribution in [2.24, 2.45) is 5.92 Å². The van der Waals surface area contributed by atoms with Crippen molar-refractivity contribution < 1.29 is 14.3 Å². The highest BCUT2D eigenvalue weighted by atomic mass is 16.6. The third kappa shape index (κ3) is 0.916. The van der Waals surface area contributed by atoms with Crippen LogP contribution in [0.15, 0.2) is 0 Å². The molecule has 0 N–H and O–H groups in total. The van der Waals surface area contributed by atoms with Crippen LogP contribution in [0.1, 0.15) is 20.3 Å². The molecule has 1 rings (SSSR count). The number of ketones is 1. The number of Topliss-reactive ketones (excluding diaryl/α,β-unsaturated/α-hetero) is 1. The highest BCUT2D eigenvalue weighted by Gasteiger charge is 2.38. The van der Waals surface area contributed by atoms with Gasteiger partial charge >= 0.3 is 5.97 Å². The van der Waals surface area contributed by atoms with Crippen LogP contribution in [0.3, 0.4) is 0 Å². The fourth-order valence-corrected chi connectivity index (χ4v) is 0.980. The van der Waals surface area contributed by atoms with E-state index in [1.165, 1.54) is 0 Å². The first kappa shape index (κ1) is 7.25. The smallest absolute Gasteiger partial charge is 0.317 e. The average Bonchev–Trinajstić information content (AvgIpc) is 2.17. The number of rotatable bonds is 1. The molecule has 1 fully saturated rings. The van der Waals surface area contributed by atoms with Gasteiger partial charge in [0.2, 0.25) is 0 Å². The van der Waals surface area contributed by atoms with Crippen LogP contribution < -0.4 is 0 Å². The van der Waals surface area contributed by atoms with Crippen LogP contribution >= 0.6 is 0 Å². The van der Waals surface area contributed by atoms with Gasteiger partial charge in [-0.25, -0.2) is 0 Å². The van der Waals surface area contributed by atoms with E-state index in [1.807, 2.05) is 6.92 Å². The van der Waals surface area contributed by atoms with E-state index in [4.69, 9.17) is 4.74 Å². The van der Waals surface area contributed by atoms with Crippen LogP contribution in [-0.2, 0) is 14.3 Å². The summed E-state index contributed by atoms with van der Waals surface area (Å²) in [4.78, 5) is 21.7. The summed E-state index contributed by atoms with van der Waals surface area (Å²) in [7, 11) is 0. The molecule has 3 heteroatoms. The molecule has 2 atom stereocenters. The molecule has 10 heavy (non-hydrogen) atoms. The average molecular weight is 142 g/mol. The molecule has 0 spiro atoms. The van der Waals surface area contributed by atoms with E-state index in [1.54, 1.807) is 6.92 Å². The molecule has 0 amide bonds. The minimum Gasteiger partial charge on any atom is -0.454 e. The SMILES string of the molecule is CCC1OC(=O)C(C)C1=O. The van der Waals surface area contributed by atoms with Crippen LogP contribution in [0, 0.1) is 5.92 Å². The van der Waals surface area contributed by atoms with E-state index in [0.717, 1.165) is 0 Å². The number of carbonyl (C=O) groups is 2. The summed E-state index contributed by atoms with van der Waals surface area (Å²) in [6, 6.07) is 0. The summed E-state index contributed by atoms with van der Waals surface area (Å²) in [5.41, 5.74) is 0. The van der Waals surface area contributed by atoms with Gasteiger partial charge in [-0.05, 0) is 13.3 Å². The lowest BCUT2D eigenvalue weighted by Gasteiger charge is -2.00. The molecule has 0 radical (unpaired) electrons. The van der Waals surface area contributed by atoms with E-state index >= 15 is 0 Å². The Morgan fingerprint density at radius 2 is 2.10 bits per heavy atom. The van der Waals surface area contributed by atoms with Gasteiger partial charge in [0.05, 0.1) is 0 Å². The molecule has 1 aliphatic rings. The second-order valence-electron chi connectivity index (χ2n) is 2.46. The van der Waals surface area contributed by atoms with Crippen molar-refractivity contribution in [2.75, 3.05) is 0 Å².